The van der Waals surface area contributed by atoms with Gasteiger partial charge in [0, 0.05) is 5.69 Å². The first-order chi connectivity index (χ1) is 14.4. The summed E-state index contributed by atoms with van der Waals surface area (Å²) in [5.41, 5.74) is 2.54. The zero-order valence-electron chi connectivity index (χ0n) is 16.0. The number of esters is 1. The standard InChI is InChI=1S/C21H18FNO6S/c1-12-8-14(20(25)27-9-16-10-28-21(26)29-16)4-7-17(12)23-18(24)11-30-19(23)13-2-5-15(22)6-3-13/h2-8,16,19H,9-11H2,1H3. The molecule has 2 heterocycles. The number of rotatable bonds is 5. The van der Waals surface area contributed by atoms with Gasteiger partial charge in [-0.25, -0.2) is 14.0 Å². The molecule has 156 valence electrons. The number of hydrogen-bond donors (Lipinski definition) is 0. The van der Waals surface area contributed by atoms with Crippen LogP contribution in [0.15, 0.2) is 42.5 Å². The summed E-state index contributed by atoms with van der Waals surface area (Å²) in [5, 5.41) is -0.272. The maximum atomic E-state index is 13.3. The number of carbonyl (C=O) groups excluding carboxylic acids is 3. The number of ether oxygens (including phenoxy) is 3. The zero-order chi connectivity index (χ0) is 21.3. The molecule has 4 rings (SSSR count). The Labute approximate surface area is 176 Å². The molecule has 2 saturated heterocycles. The molecule has 0 bridgehead atoms. The summed E-state index contributed by atoms with van der Waals surface area (Å²) < 4.78 is 27.9. The Hall–Kier alpha value is -3.07. The van der Waals surface area contributed by atoms with Crippen molar-refractivity contribution in [2.24, 2.45) is 0 Å². The molecule has 0 aromatic heterocycles. The largest absolute Gasteiger partial charge is 0.508 e. The molecule has 2 aliphatic heterocycles. The van der Waals surface area contributed by atoms with E-state index in [1.54, 1.807) is 42.2 Å². The highest BCUT2D eigenvalue weighted by molar-refractivity contribution is 8.00. The van der Waals surface area contributed by atoms with Crippen molar-refractivity contribution in [1.29, 1.82) is 0 Å². The van der Waals surface area contributed by atoms with Crippen molar-refractivity contribution >= 4 is 35.5 Å². The minimum atomic E-state index is -0.778. The third-order valence-corrected chi connectivity index (χ3v) is 5.98. The third kappa shape index (κ3) is 4.11. The number of carbonyl (C=O) groups is 3. The van der Waals surface area contributed by atoms with E-state index < -0.39 is 18.2 Å². The van der Waals surface area contributed by atoms with Crippen molar-refractivity contribution in [3.05, 3.63) is 65.0 Å². The normalized spacial score (nSPS) is 20.8. The molecule has 7 nitrogen and oxygen atoms in total. The van der Waals surface area contributed by atoms with Gasteiger partial charge in [-0.2, -0.15) is 0 Å². The Bertz CT molecular complexity index is 995. The zero-order valence-corrected chi connectivity index (χ0v) is 16.8. The van der Waals surface area contributed by atoms with E-state index in [4.69, 9.17) is 9.47 Å². The fraction of sp³-hybridized carbons (Fsp3) is 0.286. The van der Waals surface area contributed by atoms with Gasteiger partial charge in [0.15, 0.2) is 6.10 Å². The lowest BCUT2D eigenvalue weighted by Crippen LogP contribution is -2.28. The minimum Gasteiger partial charge on any atom is -0.458 e. The number of thioether (sulfide) groups is 1. The smallest absolute Gasteiger partial charge is 0.458 e. The molecular weight excluding hydrogens is 413 g/mol. The van der Waals surface area contributed by atoms with Gasteiger partial charge in [0.2, 0.25) is 5.91 Å². The van der Waals surface area contributed by atoms with Gasteiger partial charge in [-0.1, -0.05) is 12.1 Å². The van der Waals surface area contributed by atoms with Crippen LogP contribution in [0.25, 0.3) is 0 Å². The average molecular weight is 431 g/mol. The highest BCUT2D eigenvalue weighted by atomic mass is 32.2. The molecule has 30 heavy (non-hydrogen) atoms. The highest BCUT2D eigenvalue weighted by Crippen LogP contribution is 2.42. The maximum absolute atomic E-state index is 13.3. The Morgan fingerprint density at radius 2 is 2.00 bits per heavy atom. The van der Waals surface area contributed by atoms with E-state index in [1.807, 2.05) is 0 Å². The monoisotopic (exact) mass is 431 g/mol. The lowest BCUT2D eigenvalue weighted by molar-refractivity contribution is -0.115. The van der Waals surface area contributed by atoms with E-state index in [0.29, 0.717) is 17.0 Å². The number of nitrogens with zero attached hydrogens (tertiary/aromatic N) is 1. The van der Waals surface area contributed by atoms with Crippen molar-refractivity contribution < 1.29 is 33.0 Å². The number of amides is 1. The van der Waals surface area contributed by atoms with Gasteiger partial charge in [0.1, 0.15) is 24.4 Å². The van der Waals surface area contributed by atoms with Gasteiger partial charge >= 0.3 is 12.1 Å². The Morgan fingerprint density at radius 1 is 1.23 bits per heavy atom. The summed E-state index contributed by atoms with van der Waals surface area (Å²) in [4.78, 5) is 37.5. The van der Waals surface area contributed by atoms with Crippen LogP contribution in [0, 0.1) is 12.7 Å². The molecule has 2 aromatic rings. The second-order valence-electron chi connectivity index (χ2n) is 6.88. The number of anilines is 1. The second-order valence-corrected chi connectivity index (χ2v) is 7.95. The summed E-state index contributed by atoms with van der Waals surface area (Å²) in [6, 6.07) is 11.0. The number of halogens is 1. The first kappa shape index (κ1) is 20.2. The van der Waals surface area contributed by atoms with Crippen LogP contribution in [-0.2, 0) is 19.0 Å². The first-order valence-electron chi connectivity index (χ1n) is 9.22. The van der Waals surface area contributed by atoms with E-state index in [9.17, 15) is 18.8 Å². The fourth-order valence-corrected chi connectivity index (χ4v) is 4.48. The molecule has 2 aromatic carbocycles. The lowest BCUT2D eigenvalue weighted by atomic mass is 10.1. The van der Waals surface area contributed by atoms with Crippen molar-refractivity contribution in [1.82, 2.24) is 0 Å². The van der Waals surface area contributed by atoms with Gasteiger partial charge in [-0.15, -0.1) is 11.8 Å². The number of aryl methyl sites for hydroxylation is 1. The number of hydrogen-bond acceptors (Lipinski definition) is 7. The van der Waals surface area contributed by atoms with E-state index >= 15 is 0 Å². The topological polar surface area (TPSA) is 82.1 Å². The fourth-order valence-electron chi connectivity index (χ4n) is 3.31. The third-order valence-electron chi connectivity index (χ3n) is 4.77. The Morgan fingerprint density at radius 3 is 2.67 bits per heavy atom. The van der Waals surface area contributed by atoms with Gasteiger partial charge in [0.25, 0.3) is 0 Å². The van der Waals surface area contributed by atoms with Crippen LogP contribution in [0.2, 0.25) is 0 Å². The van der Waals surface area contributed by atoms with Gasteiger partial charge in [0.05, 0.1) is 11.3 Å². The van der Waals surface area contributed by atoms with Crippen molar-refractivity contribution in [3.8, 4) is 0 Å². The summed E-state index contributed by atoms with van der Waals surface area (Å²) in [6.45, 7) is 1.75. The maximum Gasteiger partial charge on any atom is 0.508 e. The van der Waals surface area contributed by atoms with Crippen LogP contribution < -0.4 is 4.90 Å². The summed E-state index contributed by atoms with van der Waals surface area (Å²) in [7, 11) is 0. The van der Waals surface area contributed by atoms with Crippen LogP contribution in [0.3, 0.4) is 0 Å². The van der Waals surface area contributed by atoms with Crippen LogP contribution >= 0.6 is 11.8 Å². The summed E-state index contributed by atoms with van der Waals surface area (Å²) in [5.74, 6) is -0.647. The SMILES string of the molecule is Cc1cc(C(=O)OCC2COC(=O)O2)ccc1N1C(=O)CSC1c1ccc(F)cc1. The summed E-state index contributed by atoms with van der Waals surface area (Å²) >= 11 is 1.46. The van der Waals surface area contributed by atoms with Gasteiger partial charge in [-0.05, 0) is 48.4 Å². The number of cyclic esters (lactones) is 2. The quantitative estimate of drug-likeness (QED) is 0.669. The lowest BCUT2D eigenvalue weighted by Gasteiger charge is -2.26. The van der Waals surface area contributed by atoms with Crippen LogP contribution in [0.1, 0.15) is 26.9 Å². The van der Waals surface area contributed by atoms with E-state index in [0.717, 1.165) is 11.1 Å². The molecule has 0 spiro atoms. The van der Waals surface area contributed by atoms with Crippen LogP contribution in [-0.4, -0.2) is 43.1 Å². The summed E-state index contributed by atoms with van der Waals surface area (Å²) in [6.07, 6.45) is -1.39. The van der Waals surface area contributed by atoms with Crippen molar-refractivity contribution in [3.63, 3.8) is 0 Å². The van der Waals surface area contributed by atoms with Crippen LogP contribution in [0.4, 0.5) is 14.9 Å². The van der Waals surface area contributed by atoms with E-state index in [2.05, 4.69) is 4.74 Å². The molecule has 9 heteroatoms. The Balaban J connectivity index is 1.50. The van der Waals surface area contributed by atoms with Crippen LogP contribution in [0.5, 0.6) is 0 Å². The minimum absolute atomic E-state index is 0.0452. The predicted octanol–water partition coefficient (Wildman–Crippen LogP) is 3.60. The highest BCUT2D eigenvalue weighted by Gasteiger charge is 2.35. The molecule has 2 fully saturated rings. The molecule has 0 saturated carbocycles. The molecule has 2 atom stereocenters. The van der Waals surface area contributed by atoms with E-state index in [-0.39, 0.29) is 30.3 Å². The van der Waals surface area contributed by atoms with Crippen molar-refractivity contribution in [2.45, 2.75) is 18.4 Å². The Kier molecular flexibility index (Phi) is 5.63. The molecule has 2 unspecified atom stereocenters. The second kappa shape index (κ2) is 8.35. The molecular formula is C21H18FNO6S. The van der Waals surface area contributed by atoms with Gasteiger partial charge in [-0.3, -0.25) is 9.69 Å². The van der Waals surface area contributed by atoms with E-state index in [1.165, 1.54) is 23.9 Å². The first-order valence-corrected chi connectivity index (χ1v) is 10.3. The number of benzene rings is 2. The molecule has 0 radical (unpaired) electrons. The molecule has 0 N–H and O–H groups in total. The molecule has 1 amide bonds. The molecule has 2 aliphatic rings. The average Bonchev–Trinajstić information content (AvgIpc) is 3.32. The predicted molar refractivity (Wildman–Crippen MR) is 107 cm³/mol. The van der Waals surface area contributed by atoms with Gasteiger partial charge < -0.3 is 14.2 Å². The molecule has 0 aliphatic carbocycles. The van der Waals surface area contributed by atoms with Crippen molar-refractivity contribution in [2.75, 3.05) is 23.9 Å².